The van der Waals surface area contributed by atoms with Crippen LogP contribution < -0.4 is 5.32 Å². The van der Waals surface area contributed by atoms with E-state index in [2.05, 4.69) is 5.32 Å². The van der Waals surface area contributed by atoms with E-state index in [9.17, 15) is 19.2 Å². The van der Waals surface area contributed by atoms with E-state index in [4.69, 9.17) is 0 Å². The Hall–Kier alpha value is -2.70. The number of aryl methyl sites for hydroxylation is 1. The molecule has 2 aliphatic rings. The minimum absolute atomic E-state index is 0.158. The van der Waals surface area contributed by atoms with Crippen molar-refractivity contribution in [2.45, 2.75) is 45.6 Å². The zero-order valence-electron chi connectivity index (χ0n) is 15.0. The van der Waals surface area contributed by atoms with Gasteiger partial charge >= 0.3 is 17.8 Å². The lowest BCUT2D eigenvalue weighted by Crippen LogP contribution is -2.46. The fourth-order valence-electron chi connectivity index (χ4n) is 3.68. The first kappa shape index (κ1) is 18.1. The maximum Gasteiger partial charge on any atom is 0.334 e. The Morgan fingerprint density at radius 1 is 1.12 bits per heavy atom. The molecule has 1 saturated heterocycles. The van der Waals surface area contributed by atoms with Gasteiger partial charge in [0.05, 0.1) is 0 Å². The first-order chi connectivity index (χ1) is 12.4. The van der Waals surface area contributed by atoms with Gasteiger partial charge < -0.3 is 5.32 Å². The Morgan fingerprint density at radius 3 is 2.50 bits per heavy atom. The molecular formula is C19H23N3O4. The lowest BCUT2D eigenvalue weighted by atomic mass is 9.85. The third-order valence-corrected chi connectivity index (χ3v) is 5.20. The first-order valence-electron chi connectivity index (χ1n) is 8.94. The summed E-state index contributed by atoms with van der Waals surface area (Å²) in [5, 5.41) is 2.68. The summed E-state index contributed by atoms with van der Waals surface area (Å²) in [7, 11) is 0. The van der Waals surface area contributed by atoms with Gasteiger partial charge in [-0.15, -0.1) is 0 Å². The van der Waals surface area contributed by atoms with Crippen LogP contribution in [0.1, 0.15) is 38.2 Å². The van der Waals surface area contributed by atoms with E-state index in [1.54, 1.807) is 12.1 Å². The number of carbonyl (C=O) groups is 4. The van der Waals surface area contributed by atoms with Gasteiger partial charge in [-0.2, -0.15) is 0 Å². The molecule has 1 aromatic carbocycles. The highest BCUT2D eigenvalue weighted by atomic mass is 16.2. The van der Waals surface area contributed by atoms with Gasteiger partial charge in [0.2, 0.25) is 5.91 Å². The summed E-state index contributed by atoms with van der Waals surface area (Å²) in [6.45, 7) is 3.37. The summed E-state index contributed by atoms with van der Waals surface area (Å²) < 4.78 is 0. The predicted molar refractivity (Wildman–Crippen MR) is 95.2 cm³/mol. The maximum absolute atomic E-state index is 12.7. The Bertz CT molecular complexity index is 761. The van der Waals surface area contributed by atoms with Crippen LogP contribution in [-0.2, 0) is 14.4 Å². The topological polar surface area (TPSA) is 86.8 Å². The lowest BCUT2D eigenvalue weighted by Gasteiger charge is -2.34. The molecule has 3 rings (SSSR count). The Kier molecular flexibility index (Phi) is 5.06. The molecule has 1 aromatic rings. The Balaban J connectivity index is 1.71. The van der Waals surface area contributed by atoms with E-state index in [-0.39, 0.29) is 12.0 Å². The molecule has 1 N–H and O–H groups in total. The minimum Gasteiger partial charge on any atom is -0.324 e. The molecule has 0 spiro atoms. The van der Waals surface area contributed by atoms with Crippen molar-refractivity contribution in [3.8, 4) is 0 Å². The summed E-state index contributed by atoms with van der Waals surface area (Å²) >= 11 is 0. The summed E-state index contributed by atoms with van der Waals surface area (Å²) in [4.78, 5) is 51.4. The van der Waals surface area contributed by atoms with Crippen LogP contribution in [0.3, 0.4) is 0 Å². The number of imide groups is 2. The summed E-state index contributed by atoms with van der Waals surface area (Å²) in [6.07, 6.45) is 3.61. The van der Waals surface area contributed by atoms with E-state index in [0.29, 0.717) is 12.1 Å². The second-order valence-corrected chi connectivity index (χ2v) is 7.04. The SMILES string of the molecule is Cc1ccccc1NC(=O)CN1C(=O)C(=O)N([C@H]2CCCC[C@H]2C)C1=O. The predicted octanol–water partition coefficient (Wildman–Crippen LogP) is 2.30. The number of para-hydroxylation sites is 1. The number of rotatable bonds is 4. The van der Waals surface area contributed by atoms with Crippen LogP contribution in [-0.4, -0.2) is 46.1 Å². The first-order valence-corrected chi connectivity index (χ1v) is 8.94. The van der Waals surface area contributed by atoms with E-state index in [1.807, 2.05) is 26.0 Å². The van der Waals surface area contributed by atoms with Crippen molar-refractivity contribution in [3.63, 3.8) is 0 Å². The molecule has 26 heavy (non-hydrogen) atoms. The van der Waals surface area contributed by atoms with Gasteiger partial charge in [-0.05, 0) is 37.3 Å². The van der Waals surface area contributed by atoms with Crippen molar-refractivity contribution >= 4 is 29.4 Å². The molecule has 1 aliphatic heterocycles. The van der Waals surface area contributed by atoms with E-state index < -0.39 is 30.3 Å². The van der Waals surface area contributed by atoms with Crippen molar-refractivity contribution < 1.29 is 19.2 Å². The van der Waals surface area contributed by atoms with Gasteiger partial charge in [0.1, 0.15) is 6.54 Å². The summed E-state index contributed by atoms with van der Waals surface area (Å²) in [6, 6.07) is 6.26. The average Bonchev–Trinajstić information content (AvgIpc) is 2.81. The molecule has 138 valence electrons. The highest BCUT2D eigenvalue weighted by Crippen LogP contribution is 2.31. The molecule has 0 unspecified atom stereocenters. The Labute approximate surface area is 152 Å². The number of amides is 5. The molecule has 1 saturated carbocycles. The van der Waals surface area contributed by atoms with Crippen LogP contribution >= 0.6 is 0 Å². The summed E-state index contributed by atoms with van der Waals surface area (Å²) in [5.41, 5.74) is 1.48. The van der Waals surface area contributed by atoms with Gasteiger partial charge in [-0.3, -0.25) is 19.3 Å². The van der Waals surface area contributed by atoms with Crippen molar-refractivity contribution in [3.05, 3.63) is 29.8 Å². The average molecular weight is 357 g/mol. The zero-order chi connectivity index (χ0) is 18.8. The molecule has 7 heteroatoms. The molecular weight excluding hydrogens is 334 g/mol. The van der Waals surface area contributed by atoms with Crippen LogP contribution in [0.25, 0.3) is 0 Å². The third kappa shape index (κ3) is 3.34. The molecule has 2 atom stereocenters. The van der Waals surface area contributed by atoms with Crippen LogP contribution in [0.2, 0.25) is 0 Å². The zero-order valence-corrected chi connectivity index (χ0v) is 15.0. The Morgan fingerprint density at radius 2 is 1.81 bits per heavy atom. The normalized spacial score (nSPS) is 23.5. The highest BCUT2D eigenvalue weighted by Gasteiger charge is 2.49. The molecule has 0 bridgehead atoms. The van der Waals surface area contributed by atoms with Gasteiger partial charge in [-0.1, -0.05) is 38.0 Å². The van der Waals surface area contributed by atoms with E-state index in [1.165, 1.54) is 0 Å². The van der Waals surface area contributed by atoms with Gasteiger partial charge in [0.15, 0.2) is 0 Å². The molecule has 7 nitrogen and oxygen atoms in total. The number of benzene rings is 1. The number of nitrogens with one attached hydrogen (secondary N) is 1. The fraction of sp³-hybridized carbons (Fsp3) is 0.474. The number of carbonyl (C=O) groups excluding carboxylic acids is 4. The number of hydrogen-bond donors (Lipinski definition) is 1. The van der Waals surface area contributed by atoms with E-state index in [0.717, 1.165) is 34.6 Å². The number of urea groups is 1. The van der Waals surface area contributed by atoms with Crippen molar-refractivity contribution in [1.29, 1.82) is 0 Å². The number of hydrogen-bond acceptors (Lipinski definition) is 4. The number of anilines is 1. The van der Waals surface area contributed by atoms with Crippen LogP contribution in [0.4, 0.5) is 10.5 Å². The molecule has 1 heterocycles. The van der Waals surface area contributed by atoms with Crippen LogP contribution in [0.15, 0.2) is 24.3 Å². The second kappa shape index (κ2) is 7.27. The number of nitrogens with zero attached hydrogens (tertiary/aromatic N) is 2. The quantitative estimate of drug-likeness (QED) is 0.662. The molecule has 5 amide bonds. The molecule has 2 fully saturated rings. The largest absolute Gasteiger partial charge is 0.334 e. The van der Waals surface area contributed by atoms with Crippen molar-refractivity contribution in [2.24, 2.45) is 5.92 Å². The monoisotopic (exact) mass is 357 g/mol. The second-order valence-electron chi connectivity index (χ2n) is 7.04. The fourth-order valence-corrected chi connectivity index (χ4v) is 3.68. The van der Waals surface area contributed by atoms with Crippen molar-refractivity contribution in [2.75, 3.05) is 11.9 Å². The van der Waals surface area contributed by atoms with Crippen LogP contribution in [0.5, 0.6) is 0 Å². The lowest BCUT2D eigenvalue weighted by molar-refractivity contribution is -0.145. The molecule has 1 aliphatic carbocycles. The van der Waals surface area contributed by atoms with Crippen LogP contribution in [0, 0.1) is 12.8 Å². The highest BCUT2D eigenvalue weighted by molar-refractivity contribution is 6.45. The third-order valence-electron chi connectivity index (χ3n) is 5.20. The summed E-state index contributed by atoms with van der Waals surface area (Å²) in [5.74, 6) is -2.09. The molecule has 0 radical (unpaired) electrons. The minimum atomic E-state index is -0.923. The van der Waals surface area contributed by atoms with Gasteiger partial charge in [0.25, 0.3) is 0 Å². The van der Waals surface area contributed by atoms with Crippen molar-refractivity contribution in [1.82, 2.24) is 9.80 Å². The van der Waals surface area contributed by atoms with Gasteiger partial charge in [0, 0.05) is 11.7 Å². The maximum atomic E-state index is 12.7. The van der Waals surface area contributed by atoms with E-state index >= 15 is 0 Å². The molecule has 0 aromatic heterocycles. The standard InChI is InChI=1S/C19H23N3O4/c1-12-7-3-5-9-14(12)20-16(23)11-21-17(24)18(25)22(19(21)26)15-10-6-4-8-13(15)2/h3,5,7,9,13,15H,4,6,8,10-11H2,1-2H3,(H,20,23)/t13-,15+/m1/s1. The van der Waals surface area contributed by atoms with Gasteiger partial charge in [-0.25, -0.2) is 9.69 Å². The smallest absolute Gasteiger partial charge is 0.324 e.